The number of nitriles is 1. The molecule has 0 aliphatic carbocycles. The van der Waals surface area contributed by atoms with Crippen LogP contribution < -0.4 is 14.8 Å². The summed E-state index contributed by atoms with van der Waals surface area (Å²) < 4.78 is 10.7. The number of likely N-dealkylation sites (N-methyl/N-ethyl adjacent to an activating group) is 1. The van der Waals surface area contributed by atoms with Gasteiger partial charge in [-0.3, -0.25) is 9.59 Å². The molecule has 0 aliphatic heterocycles. The summed E-state index contributed by atoms with van der Waals surface area (Å²) in [5, 5.41) is 11.8. The van der Waals surface area contributed by atoms with Crippen LogP contribution in [-0.2, 0) is 9.59 Å². The lowest BCUT2D eigenvalue weighted by atomic mass is 10.00. The van der Waals surface area contributed by atoms with Crippen LogP contribution in [0.1, 0.15) is 26.3 Å². The Balaban J connectivity index is 2.99. The Morgan fingerprint density at radius 2 is 2.04 bits per heavy atom. The van der Waals surface area contributed by atoms with Crippen molar-refractivity contribution in [3.63, 3.8) is 0 Å². The SMILES string of the molecule is CCNC(=O)COc1ccc(C=C(C#N)C(=O)C(C)C)cc1OC. The summed E-state index contributed by atoms with van der Waals surface area (Å²) in [5.74, 6) is 0.139. The molecule has 0 radical (unpaired) electrons. The molecular weight excluding hydrogens is 308 g/mol. The van der Waals surface area contributed by atoms with E-state index in [-0.39, 0.29) is 29.8 Å². The number of ether oxygens (including phenoxy) is 2. The average Bonchev–Trinajstić information content (AvgIpc) is 2.57. The second-order valence-corrected chi connectivity index (χ2v) is 5.34. The maximum Gasteiger partial charge on any atom is 0.257 e. The zero-order valence-corrected chi connectivity index (χ0v) is 14.4. The summed E-state index contributed by atoms with van der Waals surface area (Å²) in [5.41, 5.74) is 0.728. The van der Waals surface area contributed by atoms with Crippen LogP contribution in [0.25, 0.3) is 6.08 Å². The number of nitrogens with one attached hydrogen (secondary N) is 1. The molecule has 24 heavy (non-hydrogen) atoms. The van der Waals surface area contributed by atoms with E-state index in [1.165, 1.54) is 13.2 Å². The molecule has 0 saturated carbocycles. The van der Waals surface area contributed by atoms with Crippen molar-refractivity contribution in [2.45, 2.75) is 20.8 Å². The van der Waals surface area contributed by atoms with Crippen LogP contribution in [0, 0.1) is 17.2 Å². The molecule has 1 aromatic carbocycles. The second kappa shape index (κ2) is 9.36. The highest BCUT2D eigenvalue weighted by Crippen LogP contribution is 2.29. The highest BCUT2D eigenvalue weighted by molar-refractivity contribution is 6.04. The summed E-state index contributed by atoms with van der Waals surface area (Å²) in [7, 11) is 1.48. The third-order valence-electron chi connectivity index (χ3n) is 3.14. The molecule has 0 unspecified atom stereocenters. The fraction of sp³-hybridized carbons (Fsp3) is 0.389. The number of hydrogen-bond donors (Lipinski definition) is 1. The first-order valence-electron chi connectivity index (χ1n) is 7.66. The van der Waals surface area contributed by atoms with Crippen LogP contribution in [0.5, 0.6) is 11.5 Å². The van der Waals surface area contributed by atoms with E-state index in [0.717, 1.165) is 0 Å². The van der Waals surface area contributed by atoms with Gasteiger partial charge in [0.1, 0.15) is 6.07 Å². The predicted molar refractivity (Wildman–Crippen MR) is 90.6 cm³/mol. The third-order valence-corrected chi connectivity index (χ3v) is 3.14. The Labute approximate surface area is 142 Å². The zero-order chi connectivity index (χ0) is 18.1. The van der Waals surface area contributed by atoms with Crippen LogP contribution in [0.3, 0.4) is 0 Å². The summed E-state index contributed by atoms with van der Waals surface area (Å²) >= 11 is 0. The Morgan fingerprint density at radius 3 is 2.58 bits per heavy atom. The van der Waals surface area contributed by atoms with Crippen molar-refractivity contribution in [2.75, 3.05) is 20.3 Å². The molecule has 0 heterocycles. The second-order valence-electron chi connectivity index (χ2n) is 5.34. The van der Waals surface area contributed by atoms with Crippen molar-refractivity contribution in [1.29, 1.82) is 5.26 Å². The van der Waals surface area contributed by atoms with E-state index in [1.54, 1.807) is 32.0 Å². The Hall–Kier alpha value is -2.81. The highest BCUT2D eigenvalue weighted by atomic mass is 16.5. The van der Waals surface area contributed by atoms with Gasteiger partial charge in [-0.1, -0.05) is 19.9 Å². The number of nitrogens with zero attached hydrogens (tertiary/aromatic N) is 1. The lowest BCUT2D eigenvalue weighted by molar-refractivity contribution is -0.123. The van der Waals surface area contributed by atoms with Crippen molar-refractivity contribution < 1.29 is 19.1 Å². The van der Waals surface area contributed by atoms with E-state index >= 15 is 0 Å². The van der Waals surface area contributed by atoms with Gasteiger partial charge in [0.25, 0.3) is 5.91 Å². The molecule has 0 aromatic heterocycles. The van der Waals surface area contributed by atoms with E-state index in [9.17, 15) is 9.59 Å². The number of carbonyl (C=O) groups is 2. The minimum atomic E-state index is -0.252. The van der Waals surface area contributed by atoms with Gasteiger partial charge in [0, 0.05) is 12.5 Å². The lowest BCUT2D eigenvalue weighted by Crippen LogP contribution is -2.28. The molecule has 0 spiro atoms. The molecule has 0 saturated heterocycles. The van der Waals surface area contributed by atoms with Gasteiger partial charge < -0.3 is 14.8 Å². The molecule has 6 heteroatoms. The van der Waals surface area contributed by atoms with Gasteiger partial charge in [0.2, 0.25) is 0 Å². The fourth-order valence-corrected chi connectivity index (χ4v) is 1.92. The van der Waals surface area contributed by atoms with Crippen LogP contribution >= 0.6 is 0 Å². The van der Waals surface area contributed by atoms with Gasteiger partial charge >= 0.3 is 0 Å². The number of hydrogen-bond acceptors (Lipinski definition) is 5. The number of methoxy groups -OCH3 is 1. The number of allylic oxidation sites excluding steroid dienone is 1. The summed E-state index contributed by atoms with van der Waals surface area (Å²) in [4.78, 5) is 23.4. The molecule has 0 aliphatic rings. The predicted octanol–water partition coefficient (Wildman–Crippen LogP) is 2.34. The minimum absolute atomic E-state index is 0.0862. The van der Waals surface area contributed by atoms with E-state index in [2.05, 4.69) is 5.32 Å². The van der Waals surface area contributed by atoms with Crippen LogP contribution in [0.15, 0.2) is 23.8 Å². The minimum Gasteiger partial charge on any atom is -0.493 e. The van der Waals surface area contributed by atoms with E-state index in [0.29, 0.717) is 23.6 Å². The maximum absolute atomic E-state index is 11.9. The molecule has 1 aromatic rings. The van der Waals surface area contributed by atoms with Gasteiger partial charge in [-0.2, -0.15) is 5.26 Å². The van der Waals surface area contributed by atoms with Crippen molar-refractivity contribution in [3.8, 4) is 17.6 Å². The molecule has 6 nitrogen and oxygen atoms in total. The van der Waals surface area contributed by atoms with Crippen LogP contribution in [0.4, 0.5) is 0 Å². The molecule has 1 N–H and O–H groups in total. The Bertz CT molecular complexity index is 672. The first-order valence-corrected chi connectivity index (χ1v) is 7.66. The number of ketones is 1. The van der Waals surface area contributed by atoms with Crippen molar-refractivity contribution >= 4 is 17.8 Å². The van der Waals surface area contributed by atoms with E-state index < -0.39 is 0 Å². The highest BCUT2D eigenvalue weighted by Gasteiger charge is 2.14. The zero-order valence-electron chi connectivity index (χ0n) is 14.4. The van der Waals surface area contributed by atoms with Crippen molar-refractivity contribution in [1.82, 2.24) is 5.32 Å². The van der Waals surface area contributed by atoms with Gasteiger partial charge in [-0.05, 0) is 30.7 Å². The smallest absolute Gasteiger partial charge is 0.257 e. The fourth-order valence-electron chi connectivity index (χ4n) is 1.92. The largest absolute Gasteiger partial charge is 0.493 e. The Morgan fingerprint density at radius 1 is 1.33 bits per heavy atom. The maximum atomic E-state index is 11.9. The third kappa shape index (κ3) is 5.43. The molecular formula is C18H22N2O4. The first-order chi connectivity index (χ1) is 11.4. The molecule has 128 valence electrons. The average molecular weight is 330 g/mol. The first kappa shape index (κ1) is 19.2. The molecule has 1 rings (SSSR count). The van der Waals surface area contributed by atoms with Gasteiger partial charge in [0.15, 0.2) is 23.9 Å². The number of amides is 1. The Kier molecular flexibility index (Phi) is 7.50. The molecule has 1 amide bonds. The van der Waals surface area contributed by atoms with Crippen LogP contribution in [0.2, 0.25) is 0 Å². The number of carbonyl (C=O) groups excluding carboxylic acids is 2. The number of benzene rings is 1. The molecule has 0 atom stereocenters. The normalized spacial score (nSPS) is 10.9. The number of rotatable bonds is 8. The van der Waals surface area contributed by atoms with Gasteiger partial charge in [0.05, 0.1) is 12.7 Å². The molecule has 0 bridgehead atoms. The standard InChI is InChI=1S/C18H22N2O4/c1-5-20-17(21)11-24-15-7-6-13(9-16(15)23-4)8-14(10-19)18(22)12(2)3/h6-9,12H,5,11H2,1-4H3,(H,20,21). The van der Waals surface area contributed by atoms with Crippen LogP contribution in [-0.4, -0.2) is 32.0 Å². The van der Waals surface area contributed by atoms with Gasteiger partial charge in [-0.25, -0.2) is 0 Å². The number of Topliss-reactive ketones (excluding diaryl/α,β-unsaturated/α-hetero) is 1. The van der Waals surface area contributed by atoms with E-state index in [4.69, 9.17) is 14.7 Å². The summed E-state index contributed by atoms with van der Waals surface area (Å²) in [6, 6.07) is 6.91. The monoisotopic (exact) mass is 330 g/mol. The summed E-state index contributed by atoms with van der Waals surface area (Å²) in [6.45, 7) is 5.72. The topological polar surface area (TPSA) is 88.4 Å². The van der Waals surface area contributed by atoms with Crippen molar-refractivity contribution in [2.24, 2.45) is 5.92 Å². The quantitative estimate of drug-likeness (QED) is 0.584. The molecule has 0 fully saturated rings. The van der Waals surface area contributed by atoms with Gasteiger partial charge in [-0.15, -0.1) is 0 Å². The summed E-state index contributed by atoms with van der Waals surface area (Å²) in [6.07, 6.45) is 1.51. The van der Waals surface area contributed by atoms with Crippen molar-refractivity contribution in [3.05, 3.63) is 29.3 Å². The van der Waals surface area contributed by atoms with E-state index in [1.807, 2.05) is 13.0 Å². The lowest BCUT2D eigenvalue weighted by Gasteiger charge is -2.11.